The molecule has 0 atom stereocenters. The van der Waals surface area contributed by atoms with E-state index in [9.17, 15) is 14.9 Å². The SMILES string of the molecule is Cc1ccc(-c2c(-c3ccccc3)c3cc([N+](=O)[O-])ccc3[nH]c2=O)cc1. The van der Waals surface area contributed by atoms with Crippen LogP contribution in [-0.4, -0.2) is 9.91 Å². The summed E-state index contributed by atoms with van der Waals surface area (Å²) < 4.78 is 0. The normalized spacial score (nSPS) is 10.9. The Morgan fingerprint density at radius 2 is 1.52 bits per heavy atom. The predicted octanol–water partition coefficient (Wildman–Crippen LogP) is 5.08. The van der Waals surface area contributed by atoms with Crippen molar-refractivity contribution in [2.45, 2.75) is 6.92 Å². The van der Waals surface area contributed by atoms with Crippen LogP contribution in [0.1, 0.15) is 5.56 Å². The molecule has 0 saturated carbocycles. The molecule has 4 aromatic rings. The van der Waals surface area contributed by atoms with Gasteiger partial charge in [-0.1, -0.05) is 60.2 Å². The Bertz CT molecular complexity index is 1210. The monoisotopic (exact) mass is 356 g/mol. The number of nitro groups is 1. The van der Waals surface area contributed by atoms with Crippen molar-refractivity contribution in [2.75, 3.05) is 0 Å². The minimum atomic E-state index is -0.426. The van der Waals surface area contributed by atoms with Crippen LogP contribution in [0.5, 0.6) is 0 Å². The van der Waals surface area contributed by atoms with E-state index in [1.165, 1.54) is 12.1 Å². The molecule has 3 aromatic carbocycles. The van der Waals surface area contributed by atoms with E-state index < -0.39 is 4.92 Å². The van der Waals surface area contributed by atoms with Gasteiger partial charge in [0.1, 0.15) is 0 Å². The summed E-state index contributed by atoms with van der Waals surface area (Å²) in [4.78, 5) is 26.7. The summed E-state index contributed by atoms with van der Waals surface area (Å²) >= 11 is 0. The molecule has 0 saturated heterocycles. The zero-order valence-electron chi connectivity index (χ0n) is 14.6. The van der Waals surface area contributed by atoms with Crippen molar-refractivity contribution in [1.29, 1.82) is 0 Å². The highest BCUT2D eigenvalue weighted by Crippen LogP contribution is 2.36. The number of hydrogen-bond donors (Lipinski definition) is 1. The minimum absolute atomic E-state index is 0.0124. The fourth-order valence-corrected chi connectivity index (χ4v) is 3.29. The van der Waals surface area contributed by atoms with Gasteiger partial charge < -0.3 is 4.98 Å². The summed E-state index contributed by atoms with van der Waals surface area (Å²) in [5, 5.41) is 11.9. The summed E-state index contributed by atoms with van der Waals surface area (Å²) in [6, 6.07) is 21.7. The molecule has 0 unspecified atom stereocenters. The molecule has 0 aliphatic rings. The van der Waals surface area contributed by atoms with Crippen LogP contribution in [0, 0.1) is 17.0 Å². The highest BCUT2D eigenvalue weighted by atomic mass is 16.6. The number of non-ortho nitro benzene ring substituents is 1. The van der Waals surface area contributed by atoms with Gasteiger partial charge in [0.15, 0.2) is 0 Å². The molecular formula is C22H16N2O3. The molecule has 0 radical (unpaired) electrons. The third kappa shape index (κ3) is 3.00. The fourth-order valence-electron chi connectivity index (χ4n) is 3.29. The average molecular weight is 356 g/mol. The first-order valence-electron chi connectivity index (χ1n) is 8.51. The van der Waals surface area contributed by atoms with Crippen molar-refractivity contribution in [3.63, 3.8) is 0 Å². The number of H-pyrrole nitrogens is 1. The highest BCUT2D eigenvalue weighted by Gasteiger charge is 2.18. The smallest absolute Gasteiger partial charge is 0.270 e. The van der Waals surface area contributed by atoms with Crippen LogP contribution in [-0.2, 0) is 0 Å². The molecule has 1 heterocycles. The summed E-state index contributed by atoms with van der Waals surface area (Å²) in [5.74, 6) is 0. The van der Waals surface area contributed by atoms with E-state index in [1.54, 1.807) is 6.07 Å². The topological polar surface area (TPSA) is 76.0 Å². The Hall–Kier alpha value is -3.73. The van der Waals surface area contributed by atoms with Gasteiger partial charge in [-0.25, -0.2) is 0 Å². The van der Waals surface area contributed by atoms with E-state index in [2.05, 4.69) is 4.98 Å². The maximum absolute atomic E-state index is 12.9. The number of nitrogens with one attached hydrogen (secondary N) is 1. The largest absolute Gasteiger partial charge is 0.321 e. The second kappa shape index (κ2) is 6.53. The molecule has 0 aliphatic heterocycles. The molecule has 0 fully saturated rings. The van der Waals surface area contributed by atoms with Gasteiger partial charge in [0.2, 0.25) is 0 Å². The van der Waals surface area contributed by atoms with Gasteiger partial charge in [-0.3, -0.25) is 14.9 Å². The number of benzene rings is 3. The fraction of sp³-hybridized carbons (Fsp3) is 0.0455. The van der Waals surface area contributed by atoms with Gasteiger partial charge in [0.25, 0.3) is 11.2 Å². The van der Waals surface area contributed by atoms with Gasteiger partial charge >= 0.3 is 0 Å². The van der Waals surface area contributed by atoms with Gasteiger partial charge in [-0.15, -0.1) is 0 Å². The van der Waals surface area contributed by atoms with Crippen LogP contribution in [0.2, 0.25) is 0 Å². The van der Waals surface area contributed by atoms with E-state index in [0.29, 0.717) is 22.0 Å². The second-order valence-electron chi connectivity index (χ2n) is 6.42. The van der Waals surface area contributed by atoms with E-state index in [4.69, 9.17) is 0 Å². The van der Waals surface area contributed by atoms with Crippen molar-refractivity contribution < 1.29 is 4.92 Å². The van der Waals surface area contributed by atoms with E-state index in [1.807, 2.05) is 61.5 Å². The molecule has 1 aromatic heterocycles. The van der Waals surface area contributed by atoms with Gasteiger partial charge in [-0.2, -0.15) is 0 Å². The number of hydrogen-bond acceptors (Lipinski definition) is 3. The molecule has 5 nitrogen and oxygen atoms in total. The molecule has 27 heavy (non-hydrogen) atoms. The van der Waals surface area contributed by atoms with Crippen molar-refractivity contribution in [1.82, 2.24) is 4.98 Å². The first-order valence-corrected chi connectivity index (χ1v) is 8.51. The molecule has 132 valence electrons. The van der Waals surface area contributed by atoms with E-state index in [0.717, 1.165) is 16.7 Å². The van der Waals surface area contributed by atoms with Crippen LogP contribution >= 0.6 is 0 Å². The second-order valence-corrected chi connectivity index (χ2v) is 6.42. The zero-order valence-corrected chi connectivity index (χ0v) is 14.6. The number of pyridine rings is 1. The molecule has 4 rings (SSSR count). The first kappa shape index (κ1) is 16.7. The van der Waals surface area contributed by atoms with Crippen molar-refractivity contribution >= 4 is 16.6 Å². The molecular weight excluding hydrogens is 340 g/mol. The highest BCUT2D eigenvalue weighted by molar-refractivity contribution is 6.02. The standard InChI is InChI=1S/C22H16N2O3/c1-14-7-9-16(10-8-14)21-20(15-5-3-2-4-6-15)18-13-17(24(26)27)11-12-19(18)23-22(21)25/h2-13H,1H3,(H,23,25). The summed E-state index contributed by atoms with van der Waals surface area (Å²) in [7, 11) is 0. The number of nitro benzene ring substituents is 1. The number of aromatic nitrogens is 1. The van der Waals surface area contributed by atoms with Crippen molar-refractivity contribution in [3.05, 3.63) is 98.8 Å². The van der Waals surface area contributed by atoms with Crippen molar-refractivity contribution in [2.24, 2.45) is 0 Å². The Balaban J connectivity index is 2.16. The van der Waals surface area contributed by atoms with E-state index >= 15 is 0 Å². The number of fused-ring (bicyclic) bond motifs is 1. The van der Waals surface area contributed by atoms with Crippen LogP contribution in [0.15, 0.2) is 77.6 Å². The van der Waals surface area contributed by atoms with Crippen LogP contribution in [0.3, 0.4) is 0 Å². The number of aromatic amines is 1. The Kier molecular flexibility index (Phi) is 4.05. The number of nitrogens with zero attached hydrogens (tertiary/aromatic N) is 1. The Labute approximate surface area is 155 Å². The Morgan fingerprint density at radius 1 is 0.852 bits per heavy atom. The average Bonchev–Trinajstić information content (AvgIpc) is 2.68. The Morgan fingerprint density at radius 3 is 2.19 bits per heavy atom. The number of aryl methyl sites for hydroxylation is 1. The lowest BCUT2D eigenvalue weighted by molar-refractivity contribution is -0.384. The summed E-state index contributed by atoms with van der Waals surface area (Å²) in [6.45, 7) is 1.98. The van der Waals surface area contributed by atoms with Gasteiger partial charge in [0.05, 0.1) is 10.5 Å². The maximum atomic E-state index is 12.9. The van der Waals surface area contributed by atoms with Crippen LogP contribution in [0.25, 0.3) is 33.2 Å². The van der Waals surface area contributed by atoms with Gasteiger partial charge in [-0.05, 0) is 24.1 Å². The molecule has 0 bridgehead atoms. The third-order valence-corrected chi connectivity index (χ3v) is 4.61. The molecule has 0 amide bonds. The predicted molar refractivity (Wildman–Crippen MR) is 107 cm³/mol. The van der Waals surface area contributed by atoms with Crippen LogP contribution < -0.4 is 5.56 Å². The molecule has 1 N–H and O–H groups in total. The van der Waals surface area contributed by atoms with Gasteiger partial charge in [0, 0.05) is 28.6 Å². The lowest BCUT2D eigenvalue weighted by Gasteiger charge is -2.13. The lowest BCUT2D eigenvalue weighted by atomic mass is 9.92. The molecule has 0 aliphatic carbocycles. The maximum Gasteiger partial charge on any atom is 0.270 e. The quantitative estimate of drug-likeness (QED) is 0.411. The number of rotatable bonds is 3. The first-order chi connectivity index (χ1) is 13.0. The molecule has 0 spiro atoms. The third-order valence-electron chi connectivity index (χ3n) is 4.61. The van der Waals surface area contributed by atoms with Crippen molar-refractivity contribution in [3.8, 4) is 22.3 Å². The zero-order chi connectivity index (χ0) is 19.0. The molecule has 5 heteroatoms. The summed E-state index contributed by atoms with van der Waals surface area (Å²) in [5.41, 5.74) is 4.24. The minimum Gasteiger partial charge on any atom is -0.321 e. The lowest BCUT2D eigenvalue weighted by Crippen LogP contribution is -2.11. The van der Waals surface area contributed by atoms with Crippen LogP contribution in [0.4, 0.5) is 5.69 Å². The van der Waals surface area contributed by atoms with E-state index in [-0.39, 0.29) is 11.2 Å². The summed E-state index contributed by atoms with van der Waals surface area (Å²) in [6.07, 6.45) is 0.